The van der Waals surface area contributed by atoms with E-state index >= 15 is 0 Å². The van der Waals surface area contributed by atoms with Crippen molar-refractivity contribution in [1.82, 2.24) is 10.3 Å². The maximum absolute atomic E-state index is 11.7. The van der Waals surface area contributed by atoms with Crippen LogP contribution in [0.25, 0.3) is 0 Å². The minimum Gasteiger partial charge on any atom is -0.334 e. The molecule has 0 radical (unpaired) electrons. The van der Waals surface area contributed by atoms with Gasteiger partial charge in [0.25, 0.3) is 0 Å². The van der Waals surface area contributed by atoms with Crippen molar-refractivity contribution in [2.24, 2.45) is 5.10 Å². The summed E-state index contributed by atoms with van der Waals surface area (Å²) >= 11 is 11.8. The highest BCUT2D eigenvalue weighted by Crippen LogP contribution is 2.24. The molecular weight excluding hydrogens is 301 g/mol. The average molecular weight is 314 g/mol. The predicted molar refractivity (Wildman–Crippen MR) is 78.0 cm³/mol. The van der Waals surface area contributed by atoms with Crippen LogP contribution in [0.2, 0.25) is 10.0 Å². The van der Waals surface area contributed by atoms with Gasteiger partial charge in [-0.3, -0.25) is 9.59 Å². The van der Waals surface area contributed by atoms with Crippen LogP contribution in [-0.4, -0.2) is 36.0 Å². The molecule has 0 unspecified atom stereocenters. The number of nitrogens with one attached hydrogen (secondary N) is 1. The van der Waals surface area contributed by atoms with Crippen LogP contribution in [-0.2, 0) is 9.59 Å². The maximum atomic E-state index is 11.7. The van der Waals surface area contributed by atoms with Crippen molar-refractivity contribution in [2.45, 2.75) is 12.8 Å². The number of benzene rings is 1. The summed E-state index contributed by atoms with van der Waals surface area (Å²) < 4.78 is 0. The lowest BCUT2D eigenvalue weighted by atomic mass is 10.2. The first-order valence-electron chi connectivity index (χ1n) is 6.16. The van der Waals surface area contributed by atoms with Crippen LogP contribution in [0.15, 0.2) is 23.3 Å². The Morgan fingerprint density at radius 2 is 1.95 bits per heavy atom. The van der Waals surface area contributed by atoms with E-state index in [2.05, 4.69) is 10.5 Å². The molecule has 106 valence electrons. The van der Waals surface area contributed by atoms with Crippen LogP contribution in [0, 0.1) is 0 Å². The van der Waals surface area contributed by atoms with Crippen molar-refractivity contribution in [3.63, 3.8) is 0 Å². The molecular formula is C13H13Cl2N3O2. The molecule has 20 heavy (non-hydrogen) atoms. The second-order valence-corrected chi connectivity index (χ2v) is 5.13. The molecule has 0 bridgehead atoms. The number of hydrazone groups is 1. The van der Waals surface area contributed by atoms with Gasteiger partial charge in [0.05, 0.1) is 16.3 Å². The van der Waals surface area contributed by atoms with E-state index in [9.17, 15) is 9.59 Å². The Labute approximate surface area is 126 Å². The molecule has 2 amide bonds. The number of amides is 2. The van der Waals surface area contributed by atoms with Crippen molar-refractivity contribution >= 4 is 41.2 Å². The van der Waals surface area contributed by atoms with Gasteiger partial charge < -0.3 is 4.90 Å². The molecule has 1 saturated heterocycles. The van der Waals surface area contributed by atoms with Crippen LogP contribution in [0.1, 0.15) is 18.4 Å². The summed E-state index contributed by atoms with van der Waals surface area (Å²) in [7, 11) is 0. The molecule has 1 aromatic carbocycles. The van der Waals surface area contributed by atoms with Crippen LogP contribution < -0.4 is 5.43 Å². The normalized spacial score (nSPS) is 14.8. The molecule has 7 heteroatoms. The minimum atomic E-state index is -0.749. The molecule has 0 aliphatic carbocycles. The Balaban J connectivity index is 1.94. The highest BCUT2D eigenvalue weighted by atomic mass is 35.5. The Morgan fingerprint density at radius 1 is 1.25 bits per heavy atom. The van der Waals surface area contributed by atoms with Gasteiger partial charge in [0.15, 0.2) is 0 Å². The Morgan fingerprint density at radius 3 is 2.65 bits per heavy atom. The summed E-state index contributed by atoms with van der Waals surface area (Å²) in [4.78, 5) is 24.8. The van der Waals surface area contributed by atoms with E-state index < -0.39 is 11.8 Å². The summed E-state index contributed by atoms with van der Waals surface area (Å²) in [6, 6.07) is 5.07. The Hall–Kier alpha value is -1.59. The van der Waals surface area contributed by atoms with Crippen LogP contribution in [0.3, 0.4) is 0 Å². The van der Waals surface area contributed by atoms with E-state index in [4.69, 9.17) is 23.2 Å². The van der Waals surface area contributed by atoms with Gasteiger partial charge in [-0.25, -0.2) is 5.43 Å². The van der Waals surface area contributed by atoms with Gasteiger partial charge in [-0.15, -0.1) is 0 Å². The quantitative estimate of drug-likeness (QED) is 0.516. The van der Waals surface area contributed by atoms with Crippen molar-refractivity contribution in [2.75, 3.05) is 13.1 Å². The fourth-order valence-corrected chi connectivity index (χ4v) is 2.25. The minimum absolute atomic E-state index is 0.345. The second kappa shape index (κ2) is 6.72. The standard InChI is InChI=1S/C13H13Cl2N3O2/c14-10-5-3-4-9(11(10)15)8-16-17-12(19)13(20)18-6-1-2-7-18/h3-5,8H,1-2,6-7H2,(H,17,19)/b16-8-. The molecule has 0 saturated carbocycles. The largest absolute Gasteiger partial charge is 0.334 e. The van der Waals surface area contributed by atoms with Gasteiger partial charge in [0.2, 0.25) is 0 Å². The van der Waals surface area contributed by atoms with Crippen molar-refractivity contribution < 1.29 is 9.59 Å². The van der Waals surface area contributed by atoms with Crippen LogP contribution >= 0.6 is 23.2 Å². The van der Waals surface area contributed by atoms with Gasteiger partial charge in [-0.05, 0) is 18.9 Å². The second-order valence-electron chi connectivity index (χ2n) is 4.34. The van der Waals surface area contributed by atoms with Gasteiger partial charge in [-0.1, -0.05) is 35.3 Å². The molecule has 1 N–H and O–H groups in total. The van der Waals surface area contributed by atoms with Gasteiger partial charge in [0, 0.05) is 18.7 Å². The summed E-state index contributed by atoms with van der Waals surface area (Å²) in [5.74, 6) is -1.31. The number of carbonyl (C=O) groups excluding carboxylic acids is 2. The lowest BCUT2D eigenvalue weighted by Gasteiger charge is -2.12. The maximum Gasteiger partial charge on any atom is 0.329 e. The number of rotatable bonds is 2. The fourth-order valence-electron chi connectivity index (χ4n) is 1.89. The van der Waals surface area contributed by atoms with Crippen LogP contribution in [0.4, 0.5) is 0 Å². The third-order valence-electron chi connectivity index (χ3n) is 2.94. The SMILES string of the molecule is O=C(N/N=C\c1cccc(Cl)c1Cl)C(=O)N1CCCC1. The molecule has 1 fully saturated rings. The molecule has 0 spiro atoms. The first-order chi connectivity index (χ1) is 9.59. The number of hydrogen-bond donors (Lipinski definition) is 1. The number of halogens is 2. The van der Waals surface area contributed by atoms with E-state index in [1.165, 1.54) is 11.1 Å². The summed E-state index contributed by atoms with van der Waals surface area (Å²) in [6.07, 6.45) is 3.21. The zero-order valence-corrected chi connectivity index (χ0v) is 12.1. The van der Waals surface area contributed by atoms with E-state index in [0.717, 1.165) is 12.8 Å². The molecule has 2 rings (SSSR count). The number of carbonyl (C=O) groups is 2. The lowest BCUT2D eigenvalue weighted by Crippen LogP contribution is -2.39. The number of hydrogen-bond acceptors (Lipinski definition) is 3. The monoisotopic (exact) mass is 313 g/mol. The first kappa shape index (κ1) is 14.8. The van der Waals surface area contributed by atoms with Crippen molar-refractivity contribution in [1.29, 1.82) is 0 Å². The predicted octanol–water partition coefficient (Wildman–Crippen LogP) is 2.07. The Kier molecular flexibility index (Phi) is 4.98. The van der Waals surface area contributed by atoms with Gasteiger partial charge >= 0.3 is 11.8 Å². The molecule has 1 aliphatic heterocycles. The summed E-state index contributed by atoms with van der Waals surface area (Å²) in [5.41, 5.74) is 2.76. The van der Waals surface area contributed by atoms with Crippen LogP contribution in [0.5, 0.6) is 0 Å². The summed E-state index contributed by atoms with van der Waals surface area (Å²) in [5, 5.41) is 4.46. The topological polar surface area (TPSA) is 61.8 Å². The molecule has 1 aliphatic rings. The zero-order chi connectivity index (χ0) is 14.5. The van der Waals surface area contributed by atoms with E-state index in [0.29, 0.717) is 28.7 Å². The third kappa shape index (κ3) is 3.49. The van der Waals surface area contributed by atoms with Crippen molar-refractivity contribution in [3.05, 3.63) is 33.8 Å². The third-order valence-corrected chi connectivity index (χ3v) is 3.77. The molecule has 5 nitrogen and oxygen atoms in total. The number of likely N-dealkylation sites (tertiary alicyclic amines) is 1. The molecule has 1 aromatic rings. The Bertz CT molecular complexity index is 555. The van der Waals surface area contributed by atoms with Crippen molar-refractivity contribution in [3.8, 4) is 0 Å². The lowest BCUT2D eigenvalue weighted by molar-refractivity contribution is -0.145. The molecule has 0 aromatic heterocycles. The van der Waals surface area contributed by atoms with E-state index in [1.54, 1.807) is 18.2 Å². The zero-order valence-electron chi connectivity index (χ0n) is 10.6. The molecule has 0 atom stereocenters. The van der Waals surface area contributed by atoms with Gasteiger partial charge in [0.1, 0.15) is 0 Å². The van der Waals surface area contributed by atoms with Gasteiger partial charge in [-0.2, -0.15) is 5.10 Å². The summed E-state index contributed by atoms with van der Waals surface area (Å²) in [6.45, 7) is 1.24. The highest BCUT2D eigenvalue weighted by molar-refractivity contribution is 6.43. The molecule has 1 heterocycles. The van der Waals surface area contributed by atoms with E-state index in [1.807, 2.05) is 0 Å². The first-order valence-corrected chi connectivity index (χ1v) is 6.91. The smallest absolute Gasteiger partial charge is 0.329 e. The number of nitrogens with zero attached hydrogens (tertiary/aromatic N) is 2. The van der Waals surface area contributed by atoms with E-state index in [-0.39, 0.29) is 0 Å². The average Bonchev–Trinajstić information content (AvgIpc) is 2.96. The fraction of sp³-hybridized carbons (Fsp3) is 0.308. The highest BCUT2D eigenvalue weighted by Gasteiger charge is 2.23.